The van der Waals surface area contributed by atoms with E-state index < -0.39 is 0 Å². The van der Waals surface area contributed by atoms with E-state index in [1.807, 2.05) is 60.6 Å². The Labute approximate surface area is 238 Å². The fraction of sp³-hybridized carbons (Fsp3) is 0.286. The minimum atomic E-state index is 0.387. The van der Waals surface area contributed by atoms with Crippen molar-refractivity contribution < 1.29 is 0 Å². The van der Waals surface area contributed by atoms with Crippen LogP contribution in [0.25, 0.3) is 6.08 Å². The number of nitrogens with two attached hydrogens (primary N) is 1. The molecule has 3 aromatic rings. The van der Waals surface area contributed by atoms with E-state index in [9.17, 15) is 0 Å². The molecule has 39 heavy (non-hydrogen) atoms. The maximum Gasteiger partial charge on any atom is 0.205 e. The van der Waals surface area contributed by atoms with Crippen molar-refractivity contribution in [2.24, 2.45) is 15.7 Å². The number of nitrogens with one attached hydrogen (secondary N) is 4. The monoisotopic (exact) mass is 561 g/mol. The van der Waals surface area contributed by atoms with Crippen LogP contribution in [-0.2, 0) is 12.3 Å². The molecule has 11 heteroatoms. The van der Waals surface area contributed by atoms with Gasteiger partial charge in [0, 0.05) is 36.5 Å². The predicted octanol–water partition coefficient (Wildman–Crippen LogP) is 4.85. The molecule has 0 radical (unpaired) electrons. The number of benzene rings is 2. The van der Waals surface area contributed by atoms with Gasteiger partial charge < -0.3 is 21.7 Å². The molecule has 0 bridgehead atoms. The zero-order valence-corrected chi connectivity index (χ0v) is 23.7. The van der Waals surface area contributed by atoms with Gasteiger partial charge in [-0.05, 0) is 42.4 Å². The lowest BCUT2D eigenvalue weighted by Gasteiger charge is -2.07. The Balaban J connectivity index is 1.32. The molecule has 0 atom stereocenters. The summed E-state index contributed by atoms with van der Waals surface area (Å²) >= 11 is 3.33. The quantitative estimate of drug-likeness (QED) is 0.0619. The Morgan fingerprint density at radius 1 is 1.15 bits per heavy atom. The summed E-state index contributed by atoms with van der Waals surface area (Å²) in [7, 11) is 0. The van der Waals surface area contributed by atoms with Crippen LogP contribution in [-0.4, -0.2) is 42.3 Å². The summed E-state index contributed by atoms with van der Waals surface area (Å²) in [6.07, 6.45) is 6.87. The standard InChI is InChI=1S/C28H35N9S2/c1-2-31-26(30)37-28-36-25(20-39-28)19-38-17-7-16-33-27(35-21-29)32-15-6-10-22-11-13-24(14-12-22)34-18-23-8-4-3-5-9-23/h3-6,8-14,20,34H,2,7,15-19H2,1H3,(H2,32,33,35)(H3,30,31,36,37)/b10-6+. The van der Waals surface area contributed by atoms with E-state index in [2.05, 4.69) is 72.6 Å². The second kappa shape index (κ2) is 17.5. The molecule has 1 heterocycles. The number of thiazole rings is 1. The first-order valence-electron chi connectivity index (χ1n) is 12.7. The second-order valence-electron chi connectivity index (χ2n) is 8.25. The number of aromatic nitrogens is 1. The minimum absolute atomic E-state index is 0.387. The summed E-state index contributed by atoms with van der Waals surface area (Å²) in [5.74, 6) is 2.66. The summed E-state index contributed by atoms with van der Waals surface area (Å²) < 4.78 is 0. The molecule has 0 unspecified atom stereocenters. The molecular formula is C28H35N9S2. The first kappa shape index (κ1) is 29.5. The number of nitrogens with zero attached hydrogens (tertiary/aromatic N) is 4. The van der Waals surface area contributed by atoms with Crippen molar-refractivity contribution in [2.45, 2.75) is 25.6 Å². The van der Waals surface area contributed by atoms with Gasteiger partial charge in [-0.3, -0.25) is 10.3 Å². The van der Waals surface area contributed by atoms with E-state index in [1.54, 1.807) is 0 Å². The Morgan fingerprint density at radius 3 is 2.74 bits per heavy atom. The molecular weight excluding hydrogens is 527 g/mol. The van der Waals surface area contributed by atoms with Crippen LogP contribution < -0.4 is 27.0 Å². The molecule has 6 N–H and O–H groups in total. The van der Waals surface area contributed by atoms with Crippen molar-refractivity contribution in [1.82, 2.24) is 15.6 Å². The third-order valence-electron chi connectivity index (χ3n) is 5.21. The third kappa shape index (κ3) is 11.9. The van der Waals surface area contributed by atoms with E-state index in [0.717, 1.165) is 53.1 Å². The Morgan fingerprint density at radius 2 is 1.97 bits per heavy atom. The van der Waals surface area contributed by atoms with Crippen LogP contribution in [0.2, 0.25) is 0 Å². The summed E-state index contributed by atoms with van der Waals surface area (Å²) in [6.45, 7) is 4.54. The van der Waals surface area contributed by atoms with Gasteiger partial charge in [0.2, 0.25) is 5.96 Å². The van der Waals surface area contributed by atoms with E-state index in [1.165, 1.54) is 16.9 Å². The number of aliphatic imine (C=N–C) groups is 2. The number of nitriles is 1. The second-order valence-corrected chi connectivity index (χ2v) is 10.2. The molecule has 204 valence electrons. The van der Waals surface area contributed by atoms with Crippen molar-refractivity contribution >= 4 is 51.9 Å². The minimum Gasteiger partial charge on any atom is -0.381 e. The SMILES string of the molecule is CCN=C(N)Nc1nc(CSCCCNC(=NC/C=C/c2ccc(NCc3ccccc3)cc2)NC#N)cs1. The van der Waals surface area contributed by atoms with E-state index in [-0.39, 0.29) is 0 Å². The van der Waals surface area contributed by atoms with Gasteiger partial charge in [-0.25, -0.2) is 9.98 Å². The highest BCUT2D eigenvalue weighted by molar-refractivity contribution is 7.98. The molecule has 0 fully saturated rings. The van der Waals surface area contributed by atoms with Crippen LogP contribution in [0.3, 0.4) is 0 Å². The van der Waals surface area contributed by atoms with E-state index in [0.29, 0.717) is 25.0 Å². The van der Waals surface area contributed by atoms with Crippen LogP contribution >= 0.6 is 23.1 Å². The lowest BCUT2D eigenvalue weighted by molar-refractivity contribution is 0.824. The maximum absolute atomic E-state index is 9.03. The number of rotatable bonds is 14. The van der Waals surface area contributed by atoms with Crippen molar-refractivity contribution in [2.75, 3.05) is 36.0 Å². The molecule has 0 saturated carbocycles. The first-order valence-corrected chi connectivity index (χ1v) is 14.8. The number of guanidine groups is 2. The highest BCUT2D eigenvalue weighted by Gasteiger charge is 2.03. The van der Waals surface area contributed by atoms with Crippen LogP contribution in [0.15, 0.2) is 76.0 Å². The average molecular weight is 562 g/mol. The maximum atomic E-state index is 9.03. The van der Waals surface area contributed by atoms with E-state index in [4.69, 9.17) is 11.0 Å². The first-order chi connectivity index (χ1) is 19.2. The molecule has 0 aliphatic heterocycles. The van der Waals surface area contributed by atoms with Crippen LogP contribution in [0.1, 0.15) is 30.2 Å². The van der Waals surface area contributed by atoms with Gasteiger partial charge >= 0.3 is 0 Å². The fourth-order valence-corrected chi connectivity index (χ4v) is 5.02. The molecule has 1 aromatic heterocycles. The number of thioether (sulfide) groups is 1. The summed E-state index contributed by atoms with van der Waals surface area (Å²) in [4.78, 5) is 13.1. The zero-order valence-electron chi connectivity index (χ0n) is 22.1. The van der Waals surface area contributed by atoms with Crippen molar-refractivity contribution in [3.05, 3.63) is 82.9 Å². The summed E-state index contributed by atoms with van der Waals surface area (Å²) in [5, 5.41) is 24.1. The molecule has 0 spiro atoms. The Kier molecular flexibility index (Phi) is 13.2. The van der Waals surface area contributed by atoms with Crippen molar-refractivity contribution in [3.8, 4) is 6.19 Å². The number of hydrogen-bond donors (Lipinski definition) is 5. The van der Waals surface area contributed by atoms with Gasteiger partial charge in [-0.15, -0.1) is 11.3 Å². The molecule has 0 amide bonds. The van der Waals surface area contributed by atoms with Gasteiger partial charge in [0.25, 0.3) is 0 Å². The predicted molar refractivity (Wildman–Crippen MR) is 167 cm³/mol. The van der Waals surface area contributed by atoms with Gasteiger partial charge in [0.15, 0.2) is 17.3 Å². The lowest BCUT2D eigenvalue weighted by Crippen LogP contribution is -2.35. The molecule has 2 aromatic carbocycles. The summed E-state index contributed by atoms with van der Waals surface area (Å²) in [6, 6.07) is 18.6. The number of anilines is 2. The largest absolute Gasteiger partial charge is 0.381 e. The van der Waals surface area contributed by atoms with Crippen LogP contribution in [0.5, 0.6) is 0 Å². The normalized spacial score (nSPS) is 11.8. The van der Waals surface area contributed by atoms with Crippen LogP contribution in [0, 0.1) is 11.5 Å². The van der Waals surface area contributed by atoms with Crippen molar-refractivity contribution in [3.63, 3.8) is 0 Å². The molecule has 9 nitrogen and oxygen atoms in total. The van der Waals surface area contributed by atoms with E-state index >= 15 is 0 Å². The Bertz CT molecular complexity index is 1250. The number of hydrogen-bond acceptors (Lipinski definition) is 7. The topological polar surface area (TPSA) is 136 Å². The smallest absolute Gasteiger partial charge is 0.205 e. The zero-order chi connectivity index (χ0) is 27.5. The molecule has 0 aliphatic carbocycles. The molecule has 0 aliphatic rings. The van der Waals surface area contributed by atoms with Gasteiger partial charge in [-0.1, -0.05) is 54.6 Å². The van der Waals surface area contributed by atoms with Crippen LogP contribution in [0.4, 0.5) is 10.8 Å². The average Bonchev–Trinajstić information content (AvgIpc) is 3.39. The van der Waals surface area contributed by atoms with Crippen molar-refractivity contribution in [1.29, 1.82) is 5.26 Å². The fourth-order valence-electron chi connectivity index (χ4n) is 3.35. The van der Waals surface area contributed by atoms with Gasteiger partial charge in [-0.2, -0.15) is 17.0 Å². The third-order valence-corrected chi connectivity index (χ3v) is 7.10. The van der Waals surface area contributed by atoms with Gasteiger partial charge in [0.05, 0.1) is 12.2 Å². The highest BCUT2D eigenvalue weighted by Crippen LogP contribution is 2.19. The molecule has 3 rings (SSSR count). The molecule has 0 saturated heterocycles. The lowest BCUT2D eigenvalue weighted by atomic mass is 10.2. The highest BCUT2D eigenvalue weighted by atomic mass is 32.2. The summed E-state index contributed by atoms with van der Waals surface area (Å²) in [5.41, 5.74) is 10.2. The Hall–Kier alpha value is -4.01. The van der Waals surface area contributed by atoms with Gasteiger partial charge in [0.1, 0.15) is 0 Å².